The summed E-state index contributed by atoms with van der Waals surface area (Å²) in [5, 5.41) is 2.86. The highest BCUT2D eigenvalue weighted by atomic mass is 19.1. The minimum atomic E-state index is -0.554. The minimum Gasteiger partial charge on any atom is -0.370 e. The number of aromatic nitrogens is 1. The standard InChI is InChI=1S/C9H12FN3O/c1-6(5-8(11)14)12-9-4-2-3-7(10)13-9/h2-4,6H,5H2,1H3,(H2,11,14)(H,12,13). The van der Waals surface area contributed by atoms with E-state index >= 15 is 0 Å². The van der Waals surface area contributed by atoms with Gasteiger partial charge in [-0.1, -0.05) is 6.07 Å². The van der Waals surface area contributed by atoms with Gasteiger partial charge < -0.3 is 11.1 Å². The van der Waals surface area contributed by atoms with Crippen LogP contribution in [-0.4, -0.2) is 16.9 Å². The fourth-order valence-electron chi connectivity index (χ4n) is 1.09. The van der Waals surface area contributed by atoms with Crippen LogP contribution in [0.1, 0.15) is 13.3 Å². The highest BCUT2D eigenvalue weighted by Crippen LogP contribution is 2.06. The zero-order chi connectivity index (χ0) is 10.6. The first-order valence-electron chi connectivity index (χ1n) is 4.25. The summed E-state index contributed by atoms with van der Waals surface area (Å²) < 4.78 is 12.6. The summed E-state index contributed by atoms with van der Waals surface area (Å²) in [6.07, 6.45) is 0.193. The number of hydrogen-bond donors (Lipinski definition) is 2. The zero-order valence-electron chi connectivity index (χ0n) is 7.83. The summed E-state index contributed by atoms with van der Waals surface area (Å²) in [6.45, 7) is 1.78. The van der Waals surface area contributed by atoms with Gasteiger partial charge >= 0.3 is 0 Å². The Kier molecular flexibility index (Phi) is 3.39. The highest BCUT2D eigenvalue weighted by molar-refractivity contribution is 5.74. The molecule has 0 fully saturated rings. The van der Waals surface area contributed by atoms with Crippen LogP contribution in [0.5, 0.6) is 0 Å². The molecule has 1 aromatic rings. The van der Waals surface area contributed by atoms with Crippen LogP contribution in [-0.2, 0) is 4.79 Å². The first kappa shape index (κ1) is 10.4. The van der Waals surface area contributed by atoms with Crippen LogP contribution in [0.4, 0.5) is 10.2 Å². The van der Waals surface area contributed by atoms with Crippen molar-refractivity contribution in [2.24, 2.45) is 5.73 Å². The summed E-state index contributed by atoms with van der Waals surface area (Å²) in [6, 6.07) is 4.27. The molecule has 3 N–H and O–H groups in total. The van der Waals surface area contributed by atoms with Crippen LogP contribution in [0.2, 0.25) is 0 Å². The van der Waals surface area contributed by atoms with Crippen molar-refractivity contribution in [3.05, 3.63) is 24.1 Å². The molecule has 0 radical (unpaired) electrons. The Morgan fingerprint density at radius 2 is 2.43 bits per heavy atom. The summed E-state index contributed by atoms with van der Waals surface area (Å²) in [5.41, 5.74) is 5.00. The third-order valence-electron chi connectivity index (χ3n) is 1.62. The van der Waals surface area contributed by atoms with Crippen molar-refractivity contribution in [3.8, 4) is 0 Å². The van der Waals surface area contributed by atoms with Gasteiger partial charge in [0, 0.05) is 12.5 Å². The number of amides is 1. The third-order valence-corrected chi connectivity index (χ3v) is 1.62. The fraction of sp³-hybridized carbons (Fsp3) is 0.333. The number of primary amides is 1. The molecule has 0 spiro atoms. The van der Waals surface area contributed by atoms with Crippen LogP contribution in [0, 0.1) is 5.95 Å². The Labute approximate surface area is 81.3 Å². The second-order valence-corrected chi connectivity index (χ2v) is 3.06. The van der Waals surface area contributed by atoms with Crippen LogP contribution < -0.4 is 11.1 Å². The van der Waals surface area contributed by atoms with Crippen molar-refractivity contribution >= 4 is 11.7 Å². The van der Waals surface area contributed by atoms with Gasteiger partial charge in [-0.2, -0.15) is 4.39 Å². The van der Waals surface area contributed by atoms with Crippen molar-refractivity contribution in [1.29, 1.82) is 0 Å². The number of hydrogen-bond acceptors (Lipinski definition) is 3. The van der Waals surface area contributed by atoms with E-state index < -0.39 is 11.9 Å². The van der Waals surface area contributed by atoms with Crippen molar-refractivity contribution in [2.45, 2.75) is 19.4 Å². The second kappa shape index (κ2) is 4.55. The lowest BCUT2D eigenvalue weighted by Gasteiger charge is -2.11. The number of carbonyl (C=O) groups excluding carboxylic acids is 1. The molecular formula is C9H12FN3O. The molecule has 1 aromatic heterocycles. The predicted molar refractivity (Wildman–Crippen MR) is 51.1 cm³/mol. The molecule has 1 unspecified atom stereocenters. The number of nitrogens with zero attached hydrogens (tertiary/aromatic N) is 1. The lowest BCUT2D eigenvalue weighted by atomic mass is 10.2. The number of carbonyl (C=O) groups is 1. The zero-order valence-corrected chi connectivity index (χ0v) is 7.83. The van der Waals surface area contributed by atoms with E-state index in [1.807, 2.05) is 0 Å². The Balaban J connectivity index is 2.55. The molecule has 0 aliphatic heterocycles. The van der Waals surface area contributed by atoms with Gasteiger partial charge in [0.15, 0.2) is 0 Å². The average Bonchev–Trinajstić information content (AvgIpc) is 2.01. The Morgan fingerprint density at radius 1 is 1.71 bits per heavy atom. The van der Waals surface area contributed by atoms with Gasteiger partial charge in [0.1, 0.15) is 5.82 Å². The first-order valence-corrected chi connectivity index (χ1v) is 4.25. The SMILES string of the molecule is CC(CC(N)=O)Nc1cccc(F)n1. The maximum atomic E-state index is 12.6. The van der Waals surface area contributed by atoms with Crippen LogP contribution in [0.25, 0.3) is 0 Å². The maximum Gasteiger partial charge on any atom is 0.219 e. The van der Waals surface area contributed by atoms with E-state index in [4.69, 9.17) is 5.73 Å². The average molecular weight is 197 g/mol. The van der Waals surface area contributed by atoms with Gasteiger partial charge in [-0.3, -0.25) is 4.79 Å². The summed E-state index contributed by atoms with van der Waals surface area (Å²) in [7, 11) is 0. The van der Waals surface area contributed by atoms with Crippen molar-refractivity contribution < 1.29 is 9.18 Å². The van der Waals surface area contributed by atoms with E-state index in [2.05, 4.69) is 10.3 Å². The minimum absolute atomic E-state index is 0.151. The molecule has 1 heterocycles. The van der Waals surface area contributed by atoms with E-state index in [0.717, 1.165) is 0 Å². The van der Waals surface area contributed by atoms with Gasteiger partial charge in [0.25, 0.3) is 0 Å². The number of nitrogens with one attached hydrogen (secondary N) is 1. The highest BCUT2D eigenvalue weighted by Gasteiger charge is 2.06. The number of nitrogens with two attached hydrogens (primary N) is 1. The van der Waals surface area contributed by atoms with E-state index in [-0.39, 0.29) is 12.5 Å². The molecule has 4 nitrogen and oxygen atoms in total. The number of halogens is 1. The smallest absolute Gasteiger partial charge is 0.219 e. The van der Waals surface area contributed by atoms with Gasteiger partial charge in [-0.15, -0.1) is 0 Å². The maximum absolute atomic E-state index is 12.6. The first-order chi connectivity index (χ1) is 6.58. The Hall–Kier alpha value is -1.65. The number of rotatable bonds is 4. The van der Waals surface area contributed by atoms with Crippen LogP contribution in [0.15, 0.2) is 18.2 Å². The molecule has 14 heavy (non-hydrogen) atoms. The molecule has 0 saturated carbocycles. The predicted octanol–water partition coefficient (Wildman–Crippen LogP) is 0.896. The number of pyridine rings is 1. The quantitative estimate of drug-likeness (QED) is 0.704. The largest absolute Gasteiger partial charge is 0.370 e. The topological polar surface area (TPSA) is 68.0 Å². The van der Waals surface area contributed by atoms with Crippen molar-refractivity contribution in [3.63, 3.8) is 0 Å². The molecule has 0 aromatic carbocycles. The van der Waals surface area contributed by atoms with Gasteiger partial charge in [-0.05, 0) is 19.1 Å². The second-order valence-electron chi connectivity index (χ2n) is 3.06. The molecule has 1 rings (SSSR count). The lowest BCUT2D eigenvalue weighted by Crippen LogP contribution is -2.24. The monoisotopic (exact) mass is 197 g/mol. The van der Waals surface area contributed by atoms with Gasteiger partial charge in [0.2, 0.25) is 11.9 Å². The van der Waals surface area contributed by atoms with Gasteiger partial charge in [-0.25, -0.2) is 4.98 Å². The summed E-state index contributed by atoms with van der Waals surface area (Å²) in [4.78, 5) is 14.1. The lowest BCUT2D eigenvalue weighted by molar-refractivity contribution is -0.118. The summed E-state index contributed by atoms with van der Waals surface area (Å²) in [5.74, 6) is -0.554. The van der Waals surface area contributed by atoms with E-state index in [1.165, 1.54) is 6.07 Å². The van der Waals surface area contributed by atoms with Crippen molar-refractivity contribution in [2.75, 3.05) is 5.32 Å². The molecule has 0 saturated heterocycles. The van der Waals surface area contributed by atoms with E-state index in [9.17, 15) is 9.18 Å². The molecule has 0 bridgehead atoms. The Morgan fingerprint density at radius 3 is 3.00 bits per heavy atom. The number of anilines is 1. The molecule has 1 atom stereocenters. The van der Waals surface area contributed by atoms with E-state index in [1.54, 1.807) is 19.1 Å². The Bertz CT molecular complexity index is 330. The molecule has 0 aliphatic carbocycles. The summed E-state index contributed by atoms with van der Waals surface area (Å²) >= 11 is 0. The normalized spacial score (nSPS) is 12.1. The van der Waals surface area contributed by atoms with Crippen molar-refractivity contribution in [1.82, 2.24) is 4.98 Å². The molecule has 0 aliphatic rings. The van der Waals surface area contributed by atoms with Crippen LogP contribution >= 0.6 is 0 Å². The van der Waals surface area contributed by atoms with E-state index in [0.29, 0.717) is 5.82 Å². The third kappa shape index (κ3) is 3.38. The van der Waals surface area contributed by atoms with Gasteiger partial charge in [0.05, 0.1) is 0 Å². The molecule has 76 valence electrons. The molecule has 5 heteroatoms. The fourth-order valence-corrected chi connectivity index (χ4v) is 1.09. The van der Waals surface area contributed by atoms with Crippen LogP contribution in [0.3, 0.4) is 0 Å². The molecular weight excluding hydrogens is 185 g/mol. The molecule has 1 amide bonds.